The van der Waals surface area contributed by atoms with Gasteiger partial charge in [0.25, 0.3) is 0 Å². The first kappa shape index (κ1) is 21.3. The van der Waals surface area contributed by atoms with Gasteiger partial charge in [0.1, 0.15) is 0 Å². The molecule has 31 heavy (non-hydrogen) atoms. The fourth-order valence-corrected chi connectivity index (χ4v) is 4.14. The Morgan fingerprint density at radius 2 is 1.87 bits per heavy atom. The maximum Gasteiger partial charge on any atom is 0.240 e. The molecule has 10 heteroatoms. The molecule has 0 bridgehead atoms. The third-order valence-corrected chi connectivity index (χ3v) is 6.51. The number of sulfonamides is 1. The van der Waals surface area contributed by atoms with E-state index < -0.39 is 10.0 Å². The average Bonchev–Trinajstić information content (AvgIpc) is 2.79. The molecule has 0 saturated carbocycles. The quantitative estimate of drug-likeness (QED) is 0.596. The van der Waals surface area contributed by atoms with Gasteiger partial charge in [-0.25, -0.2) is 23.1 Å². The second-order valence-corrected chi connectivity index (χ2v) is 8.99. The van der Waals surface area contributed by atoms with Gasteiger partial charge in [0.15, 0.2) is 0 Å². The molecule has 2 aromatic carbocycles. The summed E-state index contributed by atoms with van der Waals surface area (Å²) >= 11 is 0. The summed E-state index contributed by atoms with van der Waals surface area (Å²) in [5.74, 6) is 0.0490. The van der Waals surface area contributed by atoms with Gasteiger partial charge in [-0.15, -0.1) is 0 Å². The lowest BCUT2D eigenvalue weighted by atomic mass is 10.0. The minimum atomic E-state index is -3.51. The SMILES string of the molecule is CNS(=O)(=O)c1ccc(-c2cccc3cnc(NC(=O)CN4CCOCC4)nc23)cc1. The number of aromatic nitrogens is 2. The van der Waals surface area contributed by atoms with Crippen molar-refractivity contribution in [1.29, 1.82) is 0 Å². The summed E-state index contributed by atoms with van der Waals surface area (Å²) in [6.45, 7) is 2.94. The molecule has 4 rings (SSSR count). The van der Waals surface area contributed by atoms with E-state index in [1.807, 2.05) is 23.1 Å². The summed E-state index contributed by atoms with van der Waals surface area (Å²) in [5, 5.41) is 3.58. The largest absolute Gasteiger partial charge is 0.379 e. The molecule has 0 aliphatic carbocycles. The lowest BCUT2D eigenvalue weighted by Crippen LogP contribution is -2.41. The van der Waals surface area contributed by atoms with Crippen molar-refractivity contribution in [3.05, 3.63) is 48.7 Å². The number of carbonyl (C=O) groups excluding carboxylic acids is 1. The minimum absolute atomic E-state index is 0.180. The summed E-state index contributed by atoms with van der Waals surface area (Å²) in [7, 11) is -2.13. The third kappa shape index (κ3) is 4.88. The minimum Gasteiger partial charge on any atom is -0.379 e. The normalized spacial score (nSPS) is 15.1. The fourth-order valence-electron chi connectivity index (χ4n) is 3.41. The Labute approximate surface area is 180 Å². The number of rotatable bonds is 6. The van der Waals surface area contributed by atoms with Gasteiger partial charge in [-0.1, -0.05) is 30.3 Å². The summed E-state index contributed by atoms with van der Waals surface area (Å²) in [6.07, 6.45) is 1.66. The van der Waals surface area contributed by atoms with Crippen LogP contribution in [-0.4, -0.2) is 69.1 Å². The zero-order valence-electron chi connectivity index (χ0n) is 17.0. The molecule has 2 heterocycles. The van der Waals surface area contributed by atoms with Crippen molar-refractivity contribution in [2.45, 2.75) is 4.90 Å². The monoisotopic (exact) mass is 441 g/mol. The molecular formula is C21H23N5O4S. The molecule has 1 saturated heterocycles. The first-order valence-corrected chi connectivity index (χ1v) is 11.3. The maximum absolute atomic E-state index is 12.4. The van der Waals surface area contributed by atoms with E-state index in [0.29, 0.717) is 18.7 Å². The number of morpholine rings is 1. The summed E-state index contributed by atoms with van der Waals surface area (Å²) < 4.78 is 31.5. The highest BCUT2D eigenvalue weighted by Crippen LogP contribution is 2.28. The van der Waals surface area contributed by atoms with Crippen LogP contribution in [0.2, 0.25) is 0 Å². The first-order valence-electron chi connectivity index (χ1n) is 9.86. The van der Waals surface area contributed by atoms with Crippen LogP contribution < -0.4 is 10.0 Å². The van der Waals surface area contributed by atoms with E-state index in [0.717, 1.165) is 29.6 Å². The molecular weight excluding hydrogens is 418 g/mol. The van der Waals surface area contributed by atoms with E-state index in [-0.39, 0.29) is 23.3 Å². The van der Waals surface area contributed by atoms with Gasteiger partial charge in [0, 0.05) is 30.2 Å². The highest BCUT2D eigenvalue weighted by Gasteiger charge is 2.16. The molecule has 162 valence electrons. The molecule has 9 nitrogen and oxygen atoms in total. The van der Waals surface area contributed by atoms with Crippen molar-refractivity contribution < 1.29 is 17.9 Å². The number of amides is 1. The third-order valence-electron chi connectivity index (χ3n) is 5.08. The summed E-state index contributed by atoms with van der Waals surface area (Å²) in [4.78, 5) is 23.4. The van der Waals surface area contributed by atoms with Gasteiger partial charge in [-0.05, 0) is 24.7 Å². The number of hydrogen-bond acceptors (Lipinski definition) is 7. The van der Waals surface area contributed by atoms with E-state index in [9.17, 15) is 13.2 Å². The van der Waals surface area contributed by atoms with E-state index in [1.165, 1.54) is 7.05 Å². The lowest BCUT2D eigenvalue weighted by Gasteiger charge is -2.25. The number of nitrogens with one attached hydrogen (secondary N) is 2. The van der Waals surface area contributed by atoms with Crippen molar-refractivity contribution in [3.63, 3.8) is 0 Å². The molecule has 0 unspecified atom stereocenters. The van der Waals surface area contributed by atoms with Crippen molar-refractivity contribution in [1.82, 2.24) is 19.6 Å². The van der Waals surface area contributed by atoms with Crippen LogP contribution in [0.25, 0.3) is 22.0 Å². The van der Waals surface area contributed by atoms with Crippen molar-refractivity contribution in [3.8, 4) is 11.1 Å². The maximum atomic E-state index is 12.4. The topological polar surface area (TPSA) is 114 Å². The molecule has 1 amide bonds. The van der Waals surface area contributed by atoms with E-state index in [4.69, 9.17) is 4.74 Å². The molecule has 1 aliphatic rings. The van der Waals surface area contributed by atoms with Crippen molar-refractivity contribution in [2.24, 2.45) is 0 Å². The van der Waals surface area contributed by atoms with Gasteiger partial charge in [-0.2, -0.15) is 0 Å². The van der Waals surface area contributed by atoms with E-state index in [2.05, 4.69) is 20.0 Å². The van der Waals surface area contributed by atoms with Gasteiger partial charge < -0.3 is 4.74 Å². The number of ether oxygens (including phenoxy) is 1. The smallest absolute Gasteiger partial charge is 0.240 e. The Balaban J connectivity index is 1.59. The number of para-hydroxylation sites is 1. The molecule has 2 N–H and O–H groups in total. The molecule has 1 fully saturated rings. The van der Waals surface area contributed by atoms with Gasteiger partial charge in [0.05, 0.1) is 30.2 Å². The van der Waals surface area contributed by atoms with Gasteiger partial charge in [-0.3, -0.25) is 15.0 Å². The Morgan fingerprint density at radius 3 is 2.58 bits per heavy atom. The fraction of sp³-hybridized carbons (Fsp3) is 0.286. The molecule has 0 spiro atoms. The van der Waals surface area contributed by atoms with Crippen LogP contribution in [-0.2, 0) is 19.6 Å². The van der Waals surface area contributed by atoms with E-state index in [1.54, 1.807) is 30.5 Å². The van der Waals surface area contributed by atoms with Crippen molar-refractivity contribution >= 4 is 32.8 Å². The van der Waals surface area contributed by atoms with Crippen LogP contribution in [0.4, 0.5) is 5.95 Å². The number of carbonyl (C=O) groups is 1. The molecule has 0 atom stereocenters. The second-order valence-electron chi connectivity index (χ2n) is 7.11. The lowest BCUT2D eigenvalue weighted by molar-refractivity contribution is -0.118. The van der Waals surface area contributed by atoms with Crippen LogP contribution in [0.3, 0.4) is 0 Å². The Bertz CT molecular complexity index is 1190. The number of fused-ring (bicyclic) bond motifs is 1. The number of hydrogen-bond donors (Lipinski definition) is 2. The molecule has 1 aliphatic heterocycles. The number of anilines is 1. The number of nitrogens with zero attached hydrogens (tertiary/aromatic N) is 3. The molecule has 0 radical (unpaired) electrons. The van der Waals surface area contributed by atoms with Crippen LogP contribution >= 0.6 is 0 Å². The Morgan fingerprint density at radius 1 is 1.13 bits per heavy atom. The standard InChI is InChI=1S/C21H23N5O4S/c1-22-31(28,29)17-7-5-15(6-8-17)18-4-2-3-16-13-23-21(25-20(16)18)24-19(27)14-26-9-11-30-12-10-26/h2-8,13,22H,9-12,14H2,1H3,(H,23,24,25,27). The first-order chi connectivity index (χ1) is 15.0. The number of benzene rings is 2. The van der Waals surface area contributed by atoms with E-state index >= 15 is 0 Å². The predicted molar refractivity (Wildman–Crippen MR) is 117 cm³/mol. The van der Waals surface area contributed by atoms with Crippen molar-refractivity contribution in [2.75, 3.05) is 45.2 Å². The zero-order chi connectivity index (χ0) is 21.8. The summed E-state index contributed by atoms with van der Waals surface area (Å²) in [6, 6.07) is 12.2. The Kier molecular flexibility index (Phi) is 6.23. The second kappa shape index (κ2) is 9.06. The molecule has 3 aromatic rings. The van der Waals surface area contributed by atoms with Gasteiger partial charge >= 0.3 is 0 Å². The highest BCUT2D eigenvalue weighted by atomic mass is 32.2. The highest BCUT2D eigenvalue weighted by molar-refractivity contribution is 7.89. The summed E-state index contributed by atoms with van der Waals surface area (Å²) in [5.41, 5.74) is 2.30. The zero-order valence-corrected chi connectivity index (χ0v) is 17.9. The predicted octanol–water partition coefficient (Wildman–Crippen LogP) is 1.48. The van der Waals surface area contributed by atoms with Crippen LogP contribution in [0.5, 0.6) is 0 Å². The van der Waals surface area contributed by atoms with Gasteiger partial charge in [0.2, 0.25) is 21.9 Å². The van der Waals surface area contributed by atoms with Crippen LogP contribution in [0.1, 0.15) is 0 Å². The average molecular weight is 442 g/mol. The van der Waals surface area contributed by atoms with Crippen LogP contribution in [0, 0.1) is 0 Å². The van der Waals surface area contributed by atoms with Crippen LogP contribution in [0.15, 0.2) is 53.6 Å². The molecule has 1 aromatic heterocycles. The Hall–Kier alpha value is -2.92.